The molecule has 1 aromatic rings. The summed E-state index contributed by atoms with van der Waals surface area (Å²) in [4.78, 5) is 11.6. The van der Waals surface area contributed by atoms with E-state index in [9.17, 15) is 9.18 Å². The van der Waals surface area contributed by atoms with Crippen LogP contribution >= 0.6 is 0 Å². The molecule has 0 aliphatic heterocycles. The Hall–Kier alpha value is -1.42. The van der Waals surface area contributed by atoms with E-state index in [1.54, 1.807) is 12.1 Å². The van der Waals surface area contributed by atoms with Gasteiger partial charge in [-0.15, -0.1) is 0 Å². The number of nitrogens with two attached hydrogens (primary N) is 1. The van der Waals surface area contributed by atoms with Crippen molar-refractivity contribution in [3.05, 3.63) is 29.6 Å². The van der Waals surface area contributed by atoms with Crippen molar-refractivity contribution in [1.82, 2.24) is 0 Å². The molecule has 18 heavy (non-hydrogen) atoms. The van der Waals surface area contributed by atoms with E-state index in [0.717, 1.165) is 31.2 Å². The number of halogens is 1. The highest BCUT2D eigenvalue weighted by molar-refractivity contribution is 5.90. The number of carbonyl (C=O) groups is 1. The average molecular weight is 252 g/mol. The minimum atomic E-state index is -0.383. The summed E-state index contributed by atoms with van der Waals surface area (Å²) < 4.78 is 13.5. The van der Waals surface area contributed by atoms with Crippen LogP contribution in [0.5, 0.6) is 0 Å². The van der Waals surface area contributed by atoms with Gasteiger partial charge in [-0.1, -0.05) is 18.9 Å². The largest absolute Gasteiger partial charge is 0.330 e. The summed E-state index contributed by atoms with van der Waals surface area (Å²) in [6.07, 6.45) is 4.27. The van der Waals surface area contributed by atoms with Crippen LogP contribution in [0.1, 0.15) is 37.7 Å². The molecule has 1 aromatic carbocycles. The van der Waals surface area contributed by atoms with Crippen molar-refractivity contribution >= 4 is 11.6 Å². The van der Waals surface area contributed by atoms with Crippen molar-refractivity contribution in [1.29, 1.82) is 0 Å². The number of carbonyl (C=O) groups excluding carboxylic acids is 1. The highest BCUT2D eigenvalue weighted by Crippen LogP contribution is 2.15. The highest BCUT2D eigenvalue weighted by Gasteiger charge is 2.06. The van der Waals surface area contributed by atoms with Crippen LogP contribution in [0.2, 0.25) is 0 Å². The smallest absolute Gasteiger partial charge is 0.224 e. The van der Waals surface area contributed by atoms with E-state index in [0.29, 0.717) is 13.0 Å². The second kappa shape index (κ2) is 7.82. The number of amides is 1. The van der Waals surface area contributed by atoms with Crippen LogP contribution in [0, 0.1) is 12.7 Å². The summed E-state index contributed by atoms with van der Waals surface area (Å²) in [5, 5.41) is 2.59. The van der Waals surface area contributed by atoms with Gasteiger partial charge in [-0.3, -0.25) is 4.79 Å². The predicted molar refractivity (Wildman–Crippen MR) is 71.9 cm³/mol. The summed E-state index contributed by atoms with van der Waals surface area (Å²) in [7, 11) is 0. The Morgan fingerprint density at radius 3 is 2.67 bits per heavy atom. The van der Waals surface area contributed by atoms with Crippen LogP contribution in [-0.2, 0) is 4.79 Å². The molecular formula is C14H21FN2O. The Morgan fingerprint density at radius 2 is 2.00 bits per heavy atom. The highest BCUT2D eigenvalue weighted by atomic mass is 19.1. The third-order valence-corrected chi connectivity index (χ3v) is 2.76. The normalized spacial score (nSPS) is 10.4. The Morgan fingerprint density at radius 1 is 1.28 bits per heavy atom. The molecule has 0 aliphatic rings. The third-order valence-electron chi connectivity index (χ3n) is 2.76. The van der Waals surface area contributed by atoms with Gasteiger partial charge < -0.3 is 11.1 Å². The van der Waals surface area contributed by atoms with Gasteiger partial charge in [0.2, 0.25) is 5.91 Å². The van der Waals surface area contributed by atoms with E-state index in [1.165, 1.54) is 6.07 Å². The first-order chi connectivity index (χ1) is 8.63. The molecule has 1 rings (SSSR count). The lowest BCUT2D eigenvalue weighted by atomic mass is 10.1. The standard InChI is InChI=1S/C14H21FN2O/c1-11-7-8-13(12(15)10-11)17-14(18)6-4-2-3-5-9-16/h7-8,10H,2-6,9,16H2,1H3,(H,17,18). The maximum atomic E-state index is 13.5. The summed E-state index contributed by atoms with van der Waals surface area (Å²) in [5.74, 6) is -0.517. The van der Waals surface area contributed by atoms with Crippen molar-refractivity contribution in [2.24, 2.45) is 5.73 Å². The van der Waals surface area contributed by atoms with Gasteiger partial charge in [0, 0.05) is 6.42 Å². The van der Waals surface area contributed by atoms with Crippen molar-refractivity contribution in [3.8, 4) is 0 Å². The summed E-state index contributed by atoms with van der Waals surface area (Å²) in [6.45, 7) is 2.51. The molecule has 0 aromatic heterocycles. The Kier molecular flexibility index (Phi) is 6.36. The zero-order valence-electron chi connectivity index (χ0n) is 10.8. The lowest BCUT2D eigenvalue weighted by Gasteiger charge is -2.07. The van der Waals surface area contributed by atoms with Crippen LogP contribution in [-0.4, -0.2) is 12.5 Å². The molecule has 3 N–H and O–H groups in total. The number of rotatable bonds is 7. The zero-order chi connectivity index (χ0) is 13.4. The van der Waals surface area contributed by atoms with Crippen LogP contribution in [0.3, 0.4) is 0 Å². The number of benzene rings is 1. The lowest BCUT2D eigenvalue weighted by Crippen LogP contribution is -2.12. The van der Waals surface area contributed by atoms with E-state index in [-0.39, 0.29) is 17.4 Å². The summed E-state index contributed by atoms with van der Waals surface area (Å²) >= 11 is 0. The molecule has 0 bridgehead atoms. The lowest BCUT2D eigenvalue weighted by molar-refractivity contribution is -0.116. The fraction of sp³-hybridized carbons (Fsp3) is 0.500. The summed E-state index contributed by atoms with van der Waals surface area (Å²) in [6, 6.07) is 4.79. The average Bonchev–Trinajstić information content (AvgIpc) is 2.32. The fourth-order valence-corrected chi connectivity index (χ4v) is 1.72. The molecule has 4 heteroatoms. The molecular weight excluding hydrogens is 231 g/mol. The molecule has 0 fully saturated rings. The Balaban J connectivity index is 2.31. The number of nitrogens with one attached hydrogen (secondary N) is 1. The SMILES string of the molecule is Cc1ccc(NC(=O)CCCCCCN)c(F)c1. The second-order valence-corrected chi connectivity index (χ2v) is 4.48. The maximum absolute atomic E-state index is 13.5. The number of anilines is 1. The topological polar surface area (TPSA) is 55.1 Å². The van der Waals surface area contributed by atoms with Crippen LogP contribution in [0.15, 0.2) is 18.2 Å². The molecule has 0 saturated heterocycles. The minimum Gasteiger partial charge on any atom is -0.330 e. The summed E-state index contributed by atoms with van der Waals surface area (Å²) in [5.41, 5.74) is 6.48. The quantitative estimate of drug-likeness (QED) is 0.733. The van der Waals surface area contributed by atoms with Gasteiger partial charge in [0.05, 0.1) is 5.69 Å². The van der Waals surface area contributed by atoms with E-state index >= 15 is 0 Å². The van der Waals surface area contributed by atoms with Gasteiger partial charge in [0.1, 0.15) is 5.82 Å². The molecule has 0 atom stereocenters. The third kappa shape index (κ3) is 5.27. The molecule has 0 aliphatic carbocycles. The Bertz CT molecular complexity index is 393. The monoisotopic (exact) mass is 252 g/mol. The number of aryl methyl sites for hydroxylation is 1. The van der Waals surface area contributed by atoms with Crippen LogP contribution in [0.25, 0.3) is 0 Å². The van der Waals surface area contributed by atoms with E-state index in [1.807, 2.05) is 6.92 Å². The van der Waals surface area contributed by atoms with Crippen molar-refractivity contribution in [2.75, 3.05) is 11.9 Å². The number of unbranched alkanes of at least 4 members (excludes halogenated alkanes) is 3. The molecule has 1 amide bonds. The molecule has 0 saturated carbocycles. The van der Waals surface area contributed by atoms with Crippen LogP contribution in [0.4, 0.5) is 10.1 Å². The molecule has 0 radical (unpaired) electrons. The van der Waals surface area contributed by atoms with Crippen molar-refractivity contribution in [3.63, 3.8) is 0 Å². The minimum absolute atomic E-state index is 0.134. The van der Waals surface area contributed by atoms with Crippen molar-refractivity contribution < 1.29 is 9.18 Å². The van der Waals surface area contributed by atoms with Gasteiger partial charge >= 0.3 is 0 Å². The zero-order valence-corrected chi connectivity index (χ0v) is 10.8. The van der Waals surface area contributed by atoms with Gasteiger partial charge in [-0.2, -0.15) is 0 Å². The predicted octanol–water partition coefficient (Wildman–Crippen LogP) is 2.98. The van der Waals surface area contributed by atoms with Gasteiger partial charge in [-0.25, -0.2) is 4.39 Å². The van der Waals surface area contributed by atoms with Crippen LogP contribution < -0.4 is 11.1 Å². The van der Waals surface area contributed by atoms with Gasteiger partial charge in [0.25, 0.3) is 0 Å². The first-order valence-corrected chi connectivity index (χ1v) is 6.39. The fourth-order valence-electron chi connectivity index (χ4n) is 1.72. The molecule has 0 spiro atoms. The van der Waals surface area contributed by atoms with Gasteiger partial charge in [0.15, 0.2) is 0 Å². The van der Waals surface area contributed by atoms with Gasteiger partial charge in [-0.05, 0) is 44.0 Å². The number of hydrogen-bond donors (Lipinski definition) is 2. The van der Waals surface area contributed by atoms with Crippen molar-refractivity contribution in [2.45, 2.75) is 39.0 Å². The molecule has 100 valence electrons. The molecule has 0 unspecified atom stereocenters. The van der Waals surface area contributed by atoms with E-state index in [4.69, 9.17) is 5.73 Å². The second-order valence-electron chi connectivity index (χ2n) is 4.48. The maximum Gasteiger partial charge on any atom is 0.224 e. The Labute approximate surface area is 108 Å². The number of hydrogen-bond acceptors (Lipinski definition) is 2. The van der Waals surface area contributed by atoms with E-state index in [2.05, 4.69) is 5.32 Å². The molecule has 3 nitrogen and oxygen atoms in total. The first kappa shape index (κ1) is 14.6. The molecule has 0 heterocycles. The first-order valence-electron chi connectivity index (χ1n) is 6.39. The van der Waals surface area contributed by atoms with E-state index < -0.39 is 0 Å².